The third kappa shape index (κ3) is 5.17. The molecule has 106 valence electrons. The van der Waals surface area contributed by atoms with Gasteiger partial charge >= 0.3 is 0 Å². The van der Waals surface area contributed by atoms with Gasteiger partial charge in [-0.3, -0.25) is 0 Å². The Bertz CT molecular complexity index is 530. The number of nitrogen functional groups attached to an aromatic ring is 1. The maximum Gasteiger partial charge on any atom is 0.169 e. The third-order valence-electron chi connectivity index (χ3n) is 3.09. The van der Waals surface area contributed by atoms with Gasteiger partial charge in [0.2, 0.25) is 0 Å². The highest BCUT2D eigenvalue weighted by Crippen LogP contribution is 2.09. The van der Waals surface area contributed by atoms with Gasteiger partial charge in [0.15, 0.2) is 12.4 Å². The van der Waals surface area contributed by atoms with Crippen molar-refractivity contribution >= 4 is 17.8 Å². The van der Waals surface area contributed by atoms with Gasteiger partial charge < -0.3 is 22.7 Å². The standard InChI is InChI=1S/C17H20N2.BrH/c1-2-3-12-19-13-10-16(11-14-19)5-4-15-6-8-17(18)9-7-15;/h4-11,13-14,18H,2-3,12H2,1H3;1H. The second-order valence-electron chi connectivity index (χ2n) is 4.72. The molecule has 0 amide bonds. The normalized spacial score (nSPS) is 10.4. The van der Waals surface area contributed by atoms with Gasteiger partial charge in [0, 0.05) is 24.2 Å². The summed E-state index contributed by atoms with van der Waals surface area (Å²) >= 11 is 0. The van der Waals surface area contributed by atoms with Crippen LogP contribution in [-0.2, 0) is 6.54 Å². The Morgan fingerprint density at radius 2 is 1.50 bits per heavy atom. The molecule has 0 saturated heterocycles. The van der Waals surface area contributed by atoms with Crippen molar-refractivity contribution in [2.24, 2.45) is 0 Å². The Balaban J connectivity index is 0.00000200. The summed E-state index contributed by atoms with van der Waals surface area (Å²) < 4.78 is 2.23. The summed E-state index contributed by atoms with van der Waals surface area (Å²) in [7, 11) is 0. The Labute approximate surface area is 131 Å². The van der Waals surface area contributed by atoms with Gasteiger partial charge in [-0.1, -0.05) is 37.6 Å². The van der Waals surface area contributed by atoms with Crippen LogP contribution < -0.4 is 27.3 Å². The number of pyridine rings is 1. The summed E-state index contributed by atoms with van der Waals surface area (Å²) in [6.07, 6.45) is 11.0. The van der Waals surface area contributed by atoms with E-state index in [0.717, 1.165) is 17.8 Å². The monoisotopic (exact) mass is 332 g/mol. The third-order valence-corrected chi connectivity index (χ3v) is 3.09. The van der Waals surface area contributed by atoms with Crippen molar-refractivity contribution in [2.75, 3.05) is 5.73 Å². The molecule has 0 saturated carbocycles. The number of anilines is 1. The molecule has 0 unspecified atom stereocenters. The van der Waals surface area contributed by atoms with Crippen LogP contribution in [-0.4, -0.2) is 0 Å². The Morgan fingerprint density at radius 3 is 2.05 bits per heavy atom. The molecule has 1 heterocycles. The Hall–Kier alpha value is -1.61. The second-order valence-corrected chi connectivity index (χ2v) is 4.72. The molecule has 0 bridgehead atoms. The number of hydrogen-bond donors (Lipinski definition) is 1. The van der Waals surface area contributed by atoms with E-state index >= 15 is 0 Å². The molecule has 0 radical (unpaired) electrons. The molecule has 20 heavy (non-hydrogen) atoms. The van der Waals surface area contributed by atoms with Crippen LogP contribution in [0, 0.1) is 0 Å². The molecule has 0 atom stereocenters. The summed E-state index contributed by atoms with van der Waals surface area (Å²) in [5, 5.41) is 0. The predicted molar refractivity (Wildman–Crippen MR) is 81.3 cm³/mol. The van der Waals surface area contributed by atoms with Crippen LogP contribution in [0.25, 0.3) is 12.2 Å². The van der Waals surface area contributed by atoms with Crippen LogP contribution in [0.5, 0.6) is 0 Å². The molecular formula is C17H21BrN2. The lowest BCUT2D eigenvalue weighted by molar-refractivity contribution is -0.697. The lowest BCUT2D eigenvalue weighted by Crippen LogP contribution is -3.00. The number of nitrogens with zero attached hydrogens (tertiary/aromatic N) is 1. The van der Waals surface area contributed by atoms with Crippen molar-refractivity contribution in [1.82, 2.24) is 0 Å². The minimum Gasteiger partial charge on any atom is -1.00 e. The number of unbranched alkanes of at least 4 members (excludes halogenated alkanes) is 1. The molecule has 3 heteroatoms. The largest absolute Gasteiger partial charge is 1.00 e. The summed E-state index contributed by atoms with van der Waals surface area (Å²) in [6.45, 7) is 3.31. The highest BCUT2D eigenvalue weighted by molar-refractivity contribution is 5.69. The lowest BCUT2D eigenvalue weighted by Gasteiger charge is -1.97. The highest BCUT2D eigenvalue weighted by Gasteiger charge is 1.98. The fraction of sp³-hybridized carbons (Fsp3) is 0.235. The zero-order valence-electron chi connectivity index (χ0n) is 11.8. The van der Waals surface area contributed by atoms with E-state index in [9.17, 15) is 0 Å². The molecule has 0 spiro atoms. The zero-order valence-corrected chi connectivity index (χ0v) is 13.4. The van der Waals surface area contributed by atoms with Crippen molar-refractivity contribution in [3.05, 3.63) is 59.9 Å². The quantitative estimate of drug-likeness (QED) is 0.628. The molecule has 0 aliphatic heterocycles. The van der Waals surface area contributed by atoms with Gasteiger partial charge in [-0.15, -0.1) is 0 Å². The van der Waals surface area contributed by atoms with Crippen LogP contribution in [0.4, 0.5) is 5.69 Å². The summed E-state index contributed by atoms with van der Waals surface area (Å²) in [5.74, 6) is 0. The number of nitrogens with two attached hydrogens (primary N) is 1. The number of rotatable bonds is 5. The minimum absolute atomic E-state index is 0. The van der Waals surface area contributed by atoms with E-state index in [1.165, 1.54) is 18.4 Å². The maximum atomic E-state index is 5.66. The molecule has 2 rings (SSSR count). The average Bonchev–Trinajstić information content (AvgIpc) is 2.46. The maximum absolute atomic E-state index is 5.66. The Morgan fingerprint density at radius 1 is 0.950 bits per heavy atom. The number of aryl methyl sites for hydroxylation is 1. The van der Waals surface area contributed by atoms with Crippen LogP contribution in [0.2, 0.25) is 0 Å². The molecule has 1 aromatic carbocycles. The topological polar surface area (TPSA) is 29.9 Å². The van der Waals surface area contributed by atoms with Crippen molar-refractivity contribution in [3.63, 3.8) is 0 Å². The lowest BCUT2D eigenvalue weighted by atomic mass is 10.1. The van der Waals surface area contributed by atoms with Crippen LogP contribution in [0.1, 0.15) is 30.9 Å². The first-order valence-corrected chi connectivity index (χ1v) is 6.80. The van der Waals surface area contributed by atoms with E-state index < -0.39 is 0 Å². The Kier molecular flexibility index (Phi) is 7.02. The van der Waals surface area contributed by atoms with Gasteiger partial charge in [-0.2, -0.15) is 0 Å². The number of aromatic nitrogens is 1. The van der Waals surface area contributed by atoms with Crippen LogP contribution in [0.3, 0.4) is 0 Å². The minimum atomic E-state index is 0. The molecular weight excluding hydrogens is 312 g/mol. The smallest absolute Gasteiger partial charge is 0.169 e. The number of benzene rings is 1. The highest BCUT2D eigenvalue weighted by atomic mass is 79.9. The van der Waals surface area contributed by atoms with Gasteiger partial charge in [0.1, 0.15) is 6.54 Å². The fourth-order valence-corrected chi connectivity index (χ4v) is 1.87. The average molecular weight is 333 g/mol. The van der Waals surface area contributed by atoms with E-state index in [-0.39, 0.29) is 17.0 Å². The molecule has 0 aliphatic carbocycles. The van der Waals surface area contributed by atoms with Gasteiger partial charge in [-0.05, 0) is 23.3 Å². The van der Waals surface area contributed by atoms with Crippen LogP contribution >= 0.6 is 0 Å². The van der Waals surface area contributed by atoms with Gasteiger partial charge in [-0.25, -0.2) is 4.57 Å². The summed E-state index contributed by atoms with van der Waals surface area (Å²) in [5.41, 5.74) is 8.84. The van der Waals surface area contributed by atoms with E-state index in [2.05, 4.69) is 48.2 Å². The van der Waals surface area contributed by atoms with Crippen molar-refractivity contribution in [3.8, 4) is 0 Å². The molecule has 2 N–H and O–H groups in total. The number of halogens is 1. The molecule has 2 aromatic rings. The van der Waals surface area contributed by atoms with E-state index in [1.807, 2.05) is 24.3 Å². The molecule has 0 aliphatic rings. The predicted octanol–water partition coefficient (Wildman–Crippen LogP) is 0.531. The van der Waals surface area contributed by atoms with Crippen molar-refractivity contribution < 1.29 is 21.5 Å². The first-order valence-electron chi connectivity index (χ1n) is 6.80. The molecule has 1 aromatic heterocycles. The SMILES string of the molecule is CCCC[n+]1ccc(/C=C/c2ccc(N)cc2)cc1.[Br-]. The van der Waals surface area contributed by atoms with E-state index in [1.54, 1.807) is 0 Å². The summed E-state index contributed by atoms with van der Waals surface area (Å²) in [6, 6.07) is 12.2. The summed E-state index contributed by atoms with van der Waals surface area (Å²) in [4.78, 5) is 0. The fourth-order valence-electron chi connectivity index (χ4n) is 1.87. The second kappa shape index (κ2) is 8.54. The van der Waals surface area contributed by atoms with E-state index in [0.29, 0.717) is 0 Å². The van der Waals surface area contributed by atoms with E-state index in [4.69, 9.17) is 5.73 Å². The first-order chi connectivity index (χ1) is 9.28. The zero-order chi connectivity index (χ0) is 13.5. The van der Waals surface area contributed by atoms with Gasteiger partial charge in [0.25, 0.3) is 0 Å². The van der Waals surface area contributed by atoms with Gasteiger partial charge in [0.05, 0.1) is 0 Å². The van der Waals surface area contributed by atoms with Crippen molar-refractivity contribution in [2.45, 2.75) is 26.3 Å². The molecule has 2 nitrogen and oxygen atoms in total. The van der Waals surface area contributed by atoms with Crippen LogP contribution in [0.15, 0.2) is 48.8 Å². The number of hydrogen-bond acceptors (Lipinski definition) is 1. The molecule has 0 fully saturated rings. The first kappa shape index (κ1) is 16.4. The van der Waals surface area contributed by atoms with Crippen molar-refractivity contribution in [1.29, 1.82) is 0 Å².